The molecule has 1 saturated heterocycles. The molecule has 0 unspecified atom stereocenters. The minimum absolute atomic E-state index is 0.0461. The van der Waals surface area contributed by atoms with E-state index in [1.54, 1.807) is 5.01 Å². The summed E-state index contributed by atoms with van der Waals surface area (Å²) in [6.07, 6.45) is 0. The van der Waals surface area contributed by atoms with Gasteiger partial charge >= 0.3 is 0 Å². The Bertz CT molecular complexity index is 947. The summed E-state index contributed by atoms with van der Waals surface area (Å²) >= 11 is 5.94. The molecule has 1 fully saturated rings. The van der Waals surface area contributed by atoms with Gasteiger partial charge in [0.15, 0.2) is 0 Å². The fourth-order valence-corrected chi connectivity index (χ4v) is 3.86. The molecule has 2 aliphatic heterocycles. The molecule has 0 bridgehead atoms. The number of carbonyl (C=O) groups excluding carboxylic acids is 1. The number of morpholine rings is 1. The van der Waals surface area contributed by atoms with Crippen molar-refractivity contribution in [3.05, 3.63) is 63.7 Å². The summed E-state index contributed by atoms with van der Waals surface area (Å²) in [5, 5.41) is 9.94. The molecule has 0 aromatic heterocycles. The Hall–Kier alpha value is -2.52. The van der Waals surface area contributed by atoms with Crippen LogP contribution in [0, 0.1) is 6.92 Å². The van der Waals surface area contributed by atoms with Crippen LogP contribution in [-0.2, 0) is 17.8 Å². The second-order valence-corrected chi connectivity index (χ2v) is 7.85. The van der Waals surface area contributed by atoms with Crippen LogP contribution in [0.5, 0.6) is 0 Å². The average molecular weight is 478 g/mol. The SMILES string of the molecule is CC.CNc1c(C)cc(CN2CCOCC2)cc1C(=O)C1=NN1Cc1ccc(Cl)cc1.NF. The van der Waals surface area contributed by atoms with Gasteiger partial charge in [-0.3, -0.25) is 9.69 Å². The molecule has 9 heteroatoms. The number of hydrogen-bond acceptors (Lipinski definition) is 7. The van der Waals surface area contributed by atoms with Crippen LogP contribution in [0.2, 0.25) is 5.02 Å². The van der Waals surface area contributed by atoms with Gasteiger partial charge in [-0.1, -0.05) is 43.6 Å². The highest BCUT2D eigenvalue weighted by molar-refractivity contribution is 6.49. The number of nitrogens with zero attached hydrogens (tertiary/aromatic N) is 3. The lowest BCUT2D eigenvalue weighted by Gasteiger charge is -2.27. The van der Waals surface area contributed by atoms with Crippen molar-refractivity contribution < 1.29 is 14.0 Å². The quantitative estimate of drug-likeness (QED) is 0.454. The highest BCUT2D eigenvalue weighted by Crippen LogP contribution is 2.28. The summed E-state index contributed by atoms with van der Waals surface area (Å²) in [6, 6.07) is 11.7. The normalized spacial score (nSPS) is 14.9. The zero-order chi connectivity index (χ0) is 24.4. The Morgan fingerprint density at radius 1 is 1.12 bits per heavy atom. The smallest absolute Gasteiger partial charge is 0.233 e. The molecule has 7 nitrogen and oxygen atoms in total. The first kappa shape index (κ1) is 26.7. The number of hydrazone groups is 1. The molecule has 0 radical (unpaired) electrons. The molecular formula is C24H33ClFN5O2. The van der Waals surface area contributed by atoms with Crippen LogP contribution in [0.15, 0.2) is 41.5 Å². The van der Waals surface area contributed by atoms with Crippen LogP contribution in [0.4, 0.5) is 10.2 Å². The summed E-state index contributed by atoms with van der Waals surface area (Å²) in [5.74, 6) is 3.45. The number of nitrogens with two attached hydrogens (primary N) is 1. The molecular weight excluding hydrogens is 445 g/mol. The second kappa shape index (κ2) is 13.3. The molecule has 180 valence electrons. The van der Waals surface area contributed by atoms with E-state index in [9.17, 15) is 4.79 Å². The molecule has 0 spiro atoms. The molecule has 33 heavy (non-hydrogen) atoms. The van der Waals surface area contributed by atoms with E-state index in [4.69, 9.17) is 20.8 Å². The Kier molecular flexibility index (Phi) is 10.7. The lowest BCUT2D eigenvalue weighted by molar-refractivity contribution is 0.0342. The van der Waals surface area contributed by atoms with E-state index in [0.29, 0.717) is 23.0 Å². The molecule has 2 heterocycles. The van der Waals surface area contributed by atoms with E-state index >= 15 is 0 Å². The number of amidine groups is 1. The van der Waals surface area contributed by atoms with Gasteiger partial charge in [0.1, 0.15) is 0 Å². The van der Waals surface area contributed by atoms with E-state index in [2.05, 4.69) is 27.3 Å². The van der Waals surface area contributed by atoms with Crippen molar-refractivity contribution in [1.82, 2.24) is 9.91 Å². The topological polar surface area (TPSA) is 83.0 Å². The fraction of sp³-hybridized carbons (Fsp3) is 0.417. The van der Waals surface area contributed by atoms with Crippen molar-refractivity contribution in [3.63, 3.8) is 0 Å². The highest BCUT2D eigenvalue weighted by Gasteiger charge is 2.34. The van der Waals surface area contributed by atoms with Gasteiger partial charge in [0.25, 0.3) is 0 Å². The van der Waals surface area contributed by atoms with E-state index in [1.165, 1.54) is 0 Å². The van der Waals surface area contributed by atoms with Gasteiger partial charge in [-0.25, -0.2) is 5.01 Å². The van der Waals surface area contributed by atoms with Crippen molar-refractivity contribution in [1.29, 1.82) is 0 Å². The maximum Gasteiger partial charge on any atom is 0.233 e. The van der Waals surface area contributed by atoms with Crippen molar-refractivity contribution in [2.75, 3.05) is 38.7 Å². The maximum absolute atomic E-state index is 13.2. The number of ether oxygens (including phenoxy) is 1. The minimum Gasteiger partial charge on any atom is -0.387 e. The third-order valence-corrected chi connectivity index (χ3v) is 5.52. The number of Topliss-reactive ketones (excluding diaryl/α,β-unsaturated/α-hetero) is 1. The maximum atomic E-state index is 13.2. The second-order valence-electron chi connectivity index (χ2n) is 7.41. The largest absolute Gasteiger partial charge is 0.387 e. The first-order valence-electron chi connectivity index (χ1n) is 11.0. The Morgan fingerprint density at radius 2 is 1.76 bits per heavy atom. The number of anilines is 1. The Morgan fingerprint density at radius 3 is 2.36 bits per heavy atom. The first-order chi connectivity index (χ1) is 16.0. The summed E-state index contributed by atoms with van der Waals surface area (Å²) < 4.78 is 14.4. The van der Waals surface area contributed by atoms with Crippen LogP contribution < -0.4 is 11.3 Å². The van der Waals surface area contributed by atoms with Crippen molar-refractivity contribution in [3.8, 4) is 0 Å². The molecule has 2 aromatic rings. The number of hydrogen-bond donors (Lipinski definition) is 2. The van der Waals surface area contributed by atoms with Crippen LogP contribution in [0.3, 0.4) is 0 Å². The van der Waals surface area contributed by atoms with Crippen molar-refractivity contribution in [2.24, 2.45) is 11.1 Å². The lowest BCUT2D eigenvalue weighted by Crippen LogP contribution is -2.35. The van der Waals surface area contributed by atoms with Crippen molar-refractivity contribution >= 4 is 28.9 Å². The fourth-order valence-electron chi connectivity index (χ4n) is 3.73. The molecule has 3 N–H and O–H groups in total. The number of ketones is 1. The molecule has 0 aliphatic carbocycles. The van der Waals surface area contributed by atoms with Crippen LogP contribution in [0.1, 0.15) is 40.9 Å². The molecule has 0 atom stereocenters. The third kappa shape index (κ3) is 7.23. The summed E-state index contributed by atoms with van der Waals surface area (Å²) in [7, 11) is 1.85. The Balaban J connectivity index is 0.000000914. The van der Waals surface area contributed by atoms with Gasteiger partial charge in [0, 0.05) is 43.0 Å². The first-order valence-corrected chi connectivity index (χ1v) is 11.4. The monoisotopic (exact) mass is 477 g/mol. The molecule has 4 rings (SSSR count). The van der Waals surface area contributed by atoms with Gasteiger partial charge in [-0.05, 0) is 41.8 Å². The van der Waals surface area contributed by atoms with Crippen molar-refractivity contribution in [2.45, 2.75) is 33.9 Å². The molecule has 2 aromatic carbocycles. The van der Waals surface area contributed by atoms with E-state index in [1.807, 2.05) is 58.2 Å². The van der Waals surface area contributed by atoms with Crippen LogP contribution in [0.25, 0.3) is 0 Å². The summed E-state index contributed by atoms with van der Waals surface area (Å²) in [6.45, 7) is 10.8. The Labute approximate surface area is 200 Å². The number of rotatable bonds is 7. The summed E-state index contributed by atoms with van der Waals surface area (Å²) in [4.78, 5) is 15.5. The molecule has 2 aliphatic rings. The van der Waals surface area contributed by atoms with Crippen LogP contribution in [-0.4, -0.2) is 54.9 Å². The van der Waals surface area contributed by atoms with Gasteiger partial charge < -0.3 is 10.1 Å². The van der Waals surface area contributed by atoms with Gasteiger partial charge in [0.05, 0.1) is 19.8 Å². The zero-order valence-electron chi connectivity index (χ0n) is 19.7. The predicted octanol–water partition coefficient (Wildman–Crippen LogP) is 4.39. The van der Waals surface area contributed by atoms with E-state index in [0.717, 1.165) is 55.2 Å². The highest BCUT2D eigenvalue weighted by atomic mass is 35.5. The standard InChI is InChI=1S/C22H25ClN4O2.C2H6.FH2N/c1-15-11-17(13-26-7-9-29-10-8-26)12-19(20(15)24-2)21(28)22-25-27(22)14-16-3-5-18(23)6-4-16;2*1-2/h3-6,11-12,24H,7-10,13-14H2,1-2H3;1-2H3;2H2. The summed E-state index contributed by atoms with van der Waals surface area (Å²) in [5.41, 5.74) is 4.80. The van der Waals surface area contributed by atoms with E-state index in [-0.39, 0.29) is 5.78 Å². The average Bonchev–Trinajstić information content (AvgIpc) is 3.62. The number of nitrogens with one attached hydrogen (secondary N) is 1. The lowest BCUT2D eigenvalue weighted by atomic mass is 9.99. The molecule has 0 saturated carbocycles. The van der Waals surface area contributed by atoms with Gasteiger partial charge in [-0.2, -0.15) is 5.96 Å². The third-order valence-electron chi connectivity index (χ3n) is 5.27. The number of carbonyl (C=O) groups is 1. The zero-order valence-corrected chi connectivity index (χ0v) is 20.5. The van der Waals surface area contributed by atoms with Gasteiger partial charge in [-0.15, -0.1) is 9.58 Å². The molecule has 0 amide bonds. The number of benzene rings is 2. The minimum atomic E-state index is -0.0461. The van der Waals surface area contributed by atoms with Gasteiger partial charge in [0.2, 0.25) is 11.6 Å². The van der Waals surface area contributed by atoms with E-state index < -0.39 is 0 Å². The number of halogens is 2. The predicted molar refractivity (Wildman–Crippen MR) is 132 cm³/mol. The number of aryl methyl sites for hydroxylation is 1. The van der Waals surface area contributed by atoms with Crippen LogP contribution >= 0.6 is 11.6 Å².